The van der Waals surface area contributed by atoms with Crippen LogP contribution in [0.25, 0.3) is 5.65 Å². The number of aromatic carboxylic acids is 1. The normalized spacial score (nSPS) is 21.7. The van der Waals surface area contributed by atoms with E-state index in [1.165, 1.54) is 10.6 Å². The van der Waals surface area contributed by atoms with Crippen molar-refractivity contribution < 1.29 is 23.4 Å². The first-order valence-electron chi connectivity index (χ1n) is 11.4. The van der Waals surface area contributed by atoms with Crippen LogP contribution in [-0.4, -0.2) is 64.1 Å². The summed E-state index contributed by atoms with van der Waals surface area (Å²) in [5, 5.41) is 20.8. The maximum absolute atomic E-state index is 14.5. The third kappa shape index (κ3) is 4.16. The lowest BCUT2D eigenvalue weighted by molar-refractivity contribution is 0.0200. The fourth-order valence-corrected chi connectivity index (χ4v) is 4.73. The van der Waals surface area contributed by atoms with Crippen LogP contribution < -0.4 is 15.5 Å². The molecule has 5 rings (SSSR count). The average Bonchev–Trinajstić information content (AvgIpc) is 3.45. The van der Waals surface area contributed by atoms with Gasteiger partial charge in [0.2, 0.25) is 0 Å². The van der Waals surface area contributed by atoms with Gasteiger partial charge in [0, 0.05) is 31.4 Å². The van der Waals surface area contributed by atoms with E-state index in [-0.39, 0.29) is 34.7 Å². The Morgan fingerprint density at radius 1 is 1.35 bits per heavy atom. The van der Waals surface area contributed by atoms with Crippen LogP contribution in [0, 0.1) is 11.6 Å². The number of carboxylic acids is 1. The first-order chi connectivity index (χ1) is 16.4. The molecule has 0 spiro atoms. The SMILES string of the molecule is CC(Nc1nn2ccc(N3CCCC3c3cc(F)ccc3F)nc2c1C(=O)O)C1CNCCO1. The number of fused-ring (bicyclic) bond motifs is 1. The number of halogens is 2. The number of aromatic nitrogens is 3. The monoisotopic (exact) mass is 472 g/mol. The predicted octanol–water partition coefficient (Wildman–Crippen LogP) is 2.84. The highest BCUT2D eigenvalue weighted by Crippen LogP contribution is 2.37. The van der Waals surface area contributed by atoms with Crippen LogP contribution in [0.4, 0.5) is 20.4 Å². The van der Waals surface area contributed by atoms with Gasteiger partial charge in [-0.2, -0.15) is 0 Å². The maximum atomic E-state index is 14.5. The van der Waals surface area contributed by atoms with Gasteiger partial charge in [0.1, 0.15) is 23.0 Å². The van der Waals surface area contributed by atoms with Gasteiger partial charge in [0.25, 0.3) is 0 Å². The number of nitrogens with zero attached hydrogens (tertiary/aromatic N) is 4. The largest absolute Gasteiger partial charge is 0.477 e. The van der Waals surface area contributed by atoms with Crippen molar-refractivity contribution in [3.63, 3.8) is 0 Å². The lowest BCUT2D eigenvalue weighted by Crippen LogP contribution is -2.46. The van der Waals surface area contributed by atoms with Crippen LogP contribution in [0.3, 0.4) is 0 Å². The number of benzene rings is 1. The van der Waals surface area contributed by atoms with E-state index in [0.29, 0.717) is 31.9 Å². The first-order valence-corrected chi connectivity index (χ1v) is 11.4. The number of carbonyl (C=O) groups is 1. The zero-order chi connectivity index (χ0) is 23.8. The fraction of sp³-hybridized carbons (Fsp3) is 0.435. The minimum absolute atomic E-state index is 0.0508. The molecule has 2 aliphatic rings. The summed E-state index contributed by atoms with van der Waals surface area (Å²) in [7, 11) is 0. The van der Waals surface area contributed by atoms with Gasteiger partial charge in [-0.15, -0.1) is 5.10 Å². The Labute approximate surface area is 194 Å². The maximum Gasteiger partial charge on any atom is 0.343 e. The summed E-state index contributed by atoms with van der Waals surface area (Å²) in [5.74, 6) is -1.45. The first kappa shape index (κ1) is 22.5. The molecule has 9 nitrogen and oxygen atoms in total. The Kier molecular flexibility index (Phi) is 6.05. The third-order valence-electron chi connectivity index (χ3n) is 6.43. The highest BCUT2D eigenvalue weighted by molar-refractivity contribution is 6.00. The lowest BCUT2D eigenvalue weighted by atomic mass is 10.0. The number of rotatable bonds is 6. The molecule has 0 amide bonds. The molecule has 0 radical (unpaired) electrons. The van der Waals surface area contributed by atoms with Gasteiger partial charge in [-0.3, -0.25) is 0 Å². The molecular weight excluding hydrogens is 446 g/mol. The Morgan fingerprint density at radius 2 is 2.21 bits per heavy atom. The summed E-state index contributed by atoms with van der Waals surface area (Å²) in [5.41, 5.74) is 0.390. The van der Waals surface area contributed by atoms with E-state index < -0.39 is 23.6 Å². The van der Waals surface area contributed by atoms with Crippen LogP contribution >= 0.6 is 0 Å². The molecular formula is C23H26F2N6O3. The predicted molar refractivity (Wildman–Crippen MR) is 121 cm³/mol. The van der Waals surface area contributed by atoms with Gasteiger partial charge in [0.15, 0.2) is 11.5 Å². The van der Waals surface area contributed by atoms with Gasteiger partial charge in [-0.1, -0.05) is 0 Å². The summed E-state index contributed by atoms with van der Waals surface area (Å²) >= 11 is 0. The minimum Gasteiger partial charge on any atom is -0.477 e. The van der Waals surface area contributed by atoms with Crippen LogP contribution in [0.15, 0.2) is 30.5 Å². The van der Waals surface area contributed by atoms with E-state index in [1.807, 2.05) is 11.8 Å². The minimum atomic E-state index is -1.16. The number of anilines is 2. The molecule has 11 heteroatoms. The fourth-order valence-electron chi connectivity index (χ4n) is 4.73. The van der Waals surface area contributed by atoms with Crippen LogP contribution in [0.5, 0.6) is 0 Å². The number of nitrogens with one attached hydrogen (secondary N) is 2. The second-order valence-corrected chi connectivity index (χ2v) is 8.65. The molecule has 0 aliphatic carbocycles. The van der Waals surface area contributed by atoms with E-state index in [2.05, 4.69) is 20.7 Å². The molecule has 0 bridgehead atoms. The van der Waals surface area contributed by atoms with Gasteiger partial charge >= 0.3 is 5.97 Å². The molecule has 2 saturated heterocycles. The van der Waals surface area contributed by atoms with Gasteiger partial charge in [-0.25, -0.2) is 23.1 Å². The quantitative estimate of drug-likeness (QED) is 0.503. The summed E-state index contributed by atoms with van der Waals surface area (Å²) in [6.07, 6.45) is 2.92. The molecule has 2 fully saturated rings. The van der Waals surface area contributed by atoms with Gasteiger partial charge in [-0.05, 0) is 44.0 Å². The zero-order valence-electron chi connectivity index (χ0n) is 18.7. The number of hydrogen-bond acceptors (Lipinski definition) is 7. The van der Waals surface area contributed by atoms with Crippen molar-refractivity contribution in [3.8, 4) is 0 Å². The van der Waals surface area contributed by atoms with Crippen LogP contribution in [0.1, 0.15) is 41.7 Å². The average molecular weight is 472 g/mol. The Bertz CT molecular complexity index is 1210. The Balaban J connectivity index is 1.48. The summed E-state index contributed by atoms with van der Waals surface area (Å²) in [6.45, 7) is 4.52. The molecule has 4 heterocycles. The molecule has 2 aliphatic heterocycles. The number of morpholine rings is 1. The molecule has 3 unspecified atom stereocenters. The lowest BCUT2D eigenvalue weighted by Gasteiger charge is -2.29. The number of carboxylic acid groups (broad SMARTS) is 1. The Morgan fingerprint density at radius 3 is 2.97 bits per heavy atom. The standard InChI is InChI=1S/C23H26F2N6O3/c1-13(18-12-26-7-10-34-18)27-21-20(23(32)33)22-28-19(6-9-31(22)29-21)30-8-2-3-17(30)15-11-14(24)4-5-16(15)25/h4-6,9,11,13,17-18,26H,2-3,7-8,10,12H2,1H3,(H,27,29)(H,32,33). The highest BCUT2D eigenvalue weighted by atomic mass is 19.1. The molecule has 2 aromatic heterocycles. The Hall–Kier alpha value is -3.31. The molecule has 1 aromatic carbocycles. The van der Waals surface area contributed by atoms with Crippen molar-refractivity contribution >= 4 is 23.3 Å². The molecule has 3 atom stereocenters. The van der Waals surface area contributed by atoms with Gasteiger partial charge < -0.3 is 25.4 Å². The topological polar surface area (TPSA) is 104 Å². The van der Waals surface area contributed by atoms with E-state index in [9.17, 15) is 18.7 Å². The number of hydrogen-bond donors (Lipinski definition) is 3. The smallest absolute Gasteiger partial charge is 0.343 e. The van der Waals surface area contributed by atoms with E-state index in [1.54, 1.807) is 12.3 Å². The van der Waals surface area contributed by atoms with Crippen LogP contribution in [0.2, 0.25) is 0 Å². The van der Waals surface area contributed by atoms with Crippen molar-refractivity contribution in [2.75, 3.05) is 36.5 Å². The van der Waals surface area contributed by atoms with E-state index in [4.69, 9.17) is 4.74 Å². The molecule has 3 N–H and O–H groups in total. The van der Waals surface area contributed by atoms with Crippen molar-refractivity contribution in [3.05, 3.63) is 53.2 Å². The zero-order valence-corrected chi connectivity index (χ0v) is 18.7. The molecule has 0 saturated carbocycles. The highest BCUT2D eigenvalue weighted by Gasteiger charge is 2.31. The second kappa shape index (κ2) is 9.15. The van der Waals surface area contributed by atoms with E-state index >= 15 is 0 Å². The van der Waals surface area contributed by atoms with Gasteiger partial charge in [0.05, 0.1) is 24.8 Å². The van der Waals surface area contributed by atoms with Crippen molar-refractivity contribution in [1.29, 1.82) is 0 Å². The second-order valence-electron chi connectivity index (χ2n) is 8.65. The summed E-state index contributed by atoms with van der Waals surface area (Å²) in [6, 6.07) is 4.57. The van der Waals surface area contributed by atoms with Crippen molar-refractivity contribution in [2.45, 2.75) is 38.0 Å². The summed E-state index contributed by atoms with van der Waals surface area (Å²) in [4.78, 5) is 18.6. The molecule has 180 valence electrons. The van der Waals surface area contributed by atoms with Crippen LogP contribution in [-0.2, 0) is 4.74 Å². The van der Waals surface area contributed by atoms with Crippen molar-refractivity contribution in [2.24, 2.45) is 0 Å². The molecule has 34 heavy (non-hydrogen) atoms. The summed E-state index contributed by atoms with van der Waals surface area (Å²) < 4.78 is 35.5. The van der Waals surface area contributed by atoms with Crippen molar-refractivity contribution in [1.82, 2.24) is 19.9 Å². The third-order valence-corrected chi connectivity index (χ3v) is 6.43. The van der Waals surface area contributed by atoms with E-state index in [0.717, 1.165) is 25.1 Å². The molecule has 3 aromatic rings. The number of ether oxygens (including phenoxy) is 1.